The standard InChI is InChI=1S/C12H19N3O/c1-3-4-7-14-12(16)15-10-6-5-9(2)11(13)8-10/h5-6,8H,3-4,7,13H2,1-2H3,(H2,14,15,16). The molecule has 0 aliphatic carbocycles. The highest BCUT2D eigenvalue weighted by molar-refractivity contribution is 5.89. The Labute approximate surface area is 96.2 Å². The normalized spacial score (nSPS) is 9.88. The number of anilines is 2. The lowest BCUT2D eigenvalue weighted by molar-refractivity contribution is 0.252. The molecule has 4 heteroatoms. The van der Waals surface area contributed by atoms with E-state index in [0.717, 1.165) is 24.1 Å². The van der Waals surface area contributed by atoms with E-state index < -0.39 is 0 Å². The molecule has 0 radical (unpaired) electrons. The second-order valence-corrected chi connectivity index (χ2v) is 3.81. The molecule has 0 bridgehead atoms. The fourth-order valence-electron chi connectivity index (χ4n) is 1.27. The van der Waals surface area contributed by atoms with Crippen LogP contribution in [0.2, 0.25) is 0 Å². The molecular weight excluding hydrogens is 202 g/mol. The smallest absolute Gasteiger partial charge is 0.319 e. The number of carbonyl (C=O) groups is 1. The van der Waals surface area contributed by atoms with Crippen molar-refractivity contribution in [3.8, 4) is 0 Å². The van der Waals surface area contributed by atoms with E-state index in [0.29, 0.717) is 12.2 Å². The van der Waals surface area contributed by atoms with Crippen molar-refractivity contribution in [2.24, 2.45) is 0 Å². The van der Waals surface area contributed by atoms with E-state index in [9.17, 15) is 4.79 Å². The molecule has 0 atom stereocenters. The number of rotatable bonds is 4. The zero-order valence-electron chi connectivity index (χ0n) is 9.84. The van der Waals surface area contributed by atoms with Gasteiger partial charge in [0.15, 0.2) is 0 Å². The van der Waals surface area contributed by atoms with Crippen LogP contribution in [0.5, 0.6) is 0 Å². The summed E-state index contributed by atoms with van der Waals surface area (Å²) in [6, 6.07) is 5.30. The number of nitrogens with two attached hydrogens (primary N) is 1. The molecule has 0 heterocycles. The summed E-state index contributed by atoms with van der Waals surface area (Å²) in [6.07, 6.45) is 2.06. The summed E-state index contributed by atoms with van der Waals surface area (Å²) in [5, 5.41) is 5.51. The van der Waals surface area contributed by atoms with Gasteiger partial charge in [0.2, 0.25) is 0 Å². The number of nitrogen functional groups attached to an aromatic ring is 1. The fourth-order valence-corrected chi connectivity index (χ4v) is 1.27. The van der Waals surface area contributed by atoms with Crippen LogP contribution in [0.15, 0.2) is 18.2 Å². The maximum atomic E-state index is 11.4. The number of urea groups is 1. The quantitative estimate of drug-likeness (QED) is 0.540. The Bertz CT molecular complexity index is 363. The van der Waals surface area contributed by atoms with Crippen molar-refractivity contribution < 1.29 is 4.79 Å². The van der Waals surface area contributed by atoms with Gasteiger partial charge in [-0.05, 0) is 31.0 Å². The Kier molecular flexibility index (Phi) is 4.64. The minimum Gasteiger partial charge on any atom is -0.398 e. The highest BCUT2D eigenvalue weighted by Crippen LogP contribution is 2.16. The minimum atomic E-state index is -0.184. The van der Waals surface area contributed by atoms with Crippen LogP contribution in [0, 0.1) is 6.92 Å². The van der Waals surface area contributed by atoms with Gasteiger partial charge in [0.1, 0.15) is 0 Å². The first-order valence-corrected chi connectivity index (χ1v) is 5.54. The van der Waals surface area contributed by atoms with E-state index in [1.165, 1.54) is 0 Å². The summed E-state index contributed by atoms with van der Waals surface area (Å²) in [4.78, 5) is 11.4. The van der Waals surface area contributed by atoms with Gasteiger partial charge in [-0.15, -0.1) is 0 Å². The SMILES string of the molecule is CCCCNC(=O)Nc1ccc(C)c(N)c1. The summed E-state index contributed by atoms with van der Waals surface area (Å²) in [7, 11) is 0. The molecule has 0 unspecified atom stereocenters. The number of hydrogen-bond acceptors (Lipinski definition) is 2. The third-order valence-electron chi connectivity index (χ3n) is 2.35. The average molecular weight is 221 g/mol. The van der Waals surface area contributed by atoms with Crippen LogP contribution >= 0.6 is 0 Å². The van der Waals surface area contributed by atoms with Gasteiger partial charge in [-0.1, -0.05) is 19.4 Å². The van der Waals surface area contributed by atoms with Crippen molar-refractivity contribution in [2.75, 3.05) is 17.6 Å². The molecule has 0 aliphatic heterocycles. The topological polar surface area (TPSA) is 67.2 Å². The summed E-state index contributed by atoms with van der Waals surface area (Å²) in [6.45, 7) is 4.71. The van der Waals surface area contributed by atoms with Gasteiger partial charge in [0.25, 0.3) is 0 Å². The maximum absolute atomic E-state index is 11.4. The number of benzene rings is 1. The zero-order chi connectivity index (χ0) is 12.0. The third kappa shape index (κ3) is 3.81. The van der Waals surface area contributed by atoms with Crippen LogP contribution < -0.4 is 16.4 Å². The highest BCUT2D eigenvalue weighted by atomic mass is 16.2. The molecule has 0 aromatic heterocycles. The van der Waals surface area contributed by atoms with Gasteiger partial charge in [-0.2, -0.15) is 0 Å². The van der Waals surface area contributed by atoms with Gasteiger partial charge in [0.05, 0.1) is 0 Å². The van der Waals surface area contributed by atoms with Crippen molar-refractivity contribution in [3.63, 3.8) is 0 Å². The zero-order valence-corrected chi connectivity index (χ0v) is 9.84. The Balaban J connectivity index is 2.46. The lowest BCUT2D eigenvalue weighted by Crippen LogP contribution is -2.29. The van der Waals surface area contributed by atoms with Crippen molar-refractivity contribution >= 4 is 17.4 Å². The van der Waals surface area contributed by atoms with Crippen molar-refractivity contribution in [2.45, 2.75) is 26.7 Å². The van der Waals surface area contributed by atoms with E-state index in [4.69, 9.17) is 5.73 Å². The molecule has 4 nitrogen and oxygen atoms in total. The molecule has 0 saturated carbocycles. The Morgan fingerprint density at radius 3 is 2.81 bits per heavy atom. The molecule has 0 aliphatic rings. The molecule has 1 rings (SSSR count). The third-order valence-corrected chi connectivity index (χ3v) is 2.35. The fraction of sp³-hybridized carbons (Fsp3) is 0.417. The molecule has 1 aromatic rings. The predicted molar refractivity (Wildman–Crippen MR) is 67.5 cm³/mol. The second-order valence-electron chi connectivity index (χ2n) is 3.81. The van der Waals surface area contributed by atoms with Gasteiger partial charge in [-0.3, -0.25) is 0 Å². The van der Waals surface area contributed by atoms with Gasteiger partial charge < -0.3 is 16.4 Å². The van der Waals surface area contributed by atoms with Gasteiger partial charge >= 0.3 is 6.03 Å². The van der Waals surface area contributed by atoms with E-state index in [1.54, 1.807) is 6.07 Å². The summed E-state index contributed by atoms with van der Waals surface area (Å²) >= 11 is 0. The Morgan fingerprint density at radius 2 is 2.19 bits per heavy atom. The van der Waals surface area contributed by atoms with Crippen LogP contribution in [-0.2, 0) is 0 Å². The first kappa shape index (κ1) is 12.4. The van der Waals surface area contributed by atoms with Gasteiger partial charge in [0, 0.05) is 17.9 Å². The second kappa shape index (κ2) is 6.00. The summed E-state index contributed by atoms with van der Waals surface area (Å²) in [5.74, 6) is 0. The molecule has 0 spiro atoms. The summed E-state index contributed by atoms with van der Waals surface area (Å²) in [5.41, 5.74) is 8.16. The minimum absolute atomic E-state index is 0.184. The molecule has 0 fully saturated rings. The lowest BCUT2D eigenvalue weighted by Gasteiger charge is -2.08. The van der Waals surface area contributed by atoms with Crippen LogP contribution in [0.1, 0.15) is 25.3 Å². The molecule has 16 heavy (non-hydrogen) atoms. The lowest BCUT2D eigenvalue weighted by atomic mass is 10.2. The molecule has 2 amide bonds. The summed E-state index contributed by atoms with van der Waals surface area (Å²) < 4.78 is 0. The van der Waals surface area contributed by atoms with Crippen molar-refractivity contribution in [1.82, 2.24) is 5.32 Å². The average Bonchev–Trinajstić information content (AvgIpc) is 2.24. The number of nitrogens with one attached hydrogen (secondary N) is 2. The maximum Gasteiger partial charge on any atom is 0.319 e. The van der Waals surface area contributed by atoms with Crippen LogP contribution in [0.3, 0.4) is 0 Å². The molecule has 4 N–H and O–H groups in total. The Hall–Kier alpha value is -1.71. The Morgan fingerprint density at radius 1 is 1.44 bits per heavy atom. The number of aryl methyl sites for hydroxylation is 1. The first-order chi connectivity index (χ1) is 7.63. The predicted octanol–water partition coefficient (Wildman–Crippen LogP) is 2.50. The molecular formula is C12H19N3O. The van der Waals surface area contributed by atoms with Crippen molar-refractivity contribution in [3.05, 3.63) is 23.8 Å². The monoisotopic (exact) mass is 221 g/mol. The van der Waals surface area contributed by atoms with E-state index in [-0.39, 0.29) is 6.03 Å². The van der Waals surface area contributed by atoms with Crippen LogP contribution in [-0.4, -0.2) is 12.6 Å². The van der Waals surface area contributed by atoms with Crippen LogP contribution in [0.25, 0.3) is 0 Å². The van der Waals surface area contributed by atoms with E-state index >= 15 is 0 Å². The van der Waals surface area contributed by atoms with E-state index in [2.05, 4.69) is 17.6 Å². The number of amides is 2. The van der Waals surface area contributed by atoms with Gasteiger partial charge in [-0.25, -0.2) is 4.79 Å². The molecule has 88 valence electrons. The molecule has 1 aromatic carbocycles. The highest BCUT2D eigenvalue weighted by Gasteiger charge is 2.01. The number of hydrogen-bond donors (Lipinski definition) is 3. The van der Waals surface area contributed by atoms with Crippen molar-refractivity contribution in [1.29, 1.82) is 0 Å². The number of carbonyl (C=O) groups excluding carboxylic acids is 1. The first-order valence-electron chi connectivity index (χ1n) is 5.54. The largest absolute Gasteiger partial charge is 0.398 e. The molecule has 0 saturated heterocycles. The number of unbranched alkanes of at least 4 members (excludes halogenated alkanes) is 1. The van der Waals surface area contributed by atoms with Crippen LogP contribution in [0.4, 0.5) is 16.2 Å². The van der Waals surface area contributed by atoms with E-state index in [1.807, 2.05) is 19.1 Å².